The SMILES string of the molecule is Cc1ccccc1C(=O)Nc1ccc(NCc2ccco2)nn1. The fourth-order valence-electron chi connectivity index (χ4n) is 2.10. The van der Waals surface area contributed by atoms with Gasteiger partial charge in [-0.3, -0.25) is 4.79 Å². The van der Waals surface area contributed by atoms with Gasteiger partial charge in [0.2, 0.25) is 0 Å². The third-order valence-electron chi connectivity index (χ3n) is 3.32. The Labute approximate surface area is 133 Å². The third-order valence-corrected chi connectivity index (χ3v) is 3.32. The first-order chi connectivity index (χ1) is 11.2. The maximum Gasteiger partial charge on any atom is 0.257 e. The number of amides is 1. The molecule has 0 radical (unpaired) electrons. The van der Waals surface area contributed by atoms with Gasteiger partial charge in [-0.15, -0.1) is 10.2 Å². The van der Waals surface area contributed by atoms with Crippen LogP contribution in [0, 0.1) is 6.92 Å². The summed E-state index contributed by atoms with van der Waals surface area (Å²) in [6.07, 6.45) is 1.62. The van der Waals surface area contributed by atoms with Gasteiger partial charge in [0.15, 0.2) is 5.82 Å². The highest BCUT2D eigenvalue weighted by atomic mass is 16.3. The molecule has 23 heavy (non-hydrogen) atoms. The first-order valence-electron chi connectivity index (χ1n) is 7.19. The Bertz CT molecular complexity index is 783. The molecular weight excluding hydrogens is 292 g/mol. The van der Waals surface area contributed by atoms with Crippen molar-refractivity contribution in [3.05, 3.63) is 71.7 Å². The Morgan fingerprint density at radius 2 is 1.83 bits per heavy atom. The van der Waals surface area contributed by atoms with Crippen molar-refractivity contribution in [2.75, 3.05) is 10.6 Å². The lowest BCUT2D eigenvalue weighted by atomic mass is 10.1. The number of carbonyl (C=O) groups is 1. The van der Waals surface area contributed by atoms with E-state index in [1.807, 2.05) is 37.3 Å². The lowest BCUT2D eigenvalue weighted by Crippen LogP contribution is -2.14. The summed E-state index contributed by atoms with van der Waals surface area (Å²) < 4.78 is 5.22. The monoisotopic (exact) mass is 308 g/mol. The van der Waals surface area contributed by atoms with Crippen molar-refractivity contribution in [2.45, 2.75) is 13.5 Å². The Morgan fingerprint density at radius 1 is 1.04 bits per heavy atom. The van der Waals surface area contributed by atoms with E-state index in [1.165, 1.54) is 0 Å². The first kappa shape index (κ1) is 14.8. The molecule has 116 valence electrons. The maximum atomic E-state index is 12.2. The summed E-state index contributed by atoms with van der Waals surface area (Å²) in [4.78, 5) is 12.2. The topological polar surface area (TPSA) is 80.0 Å². The fourth-order valence-corrected chi connectivity index (χ4v) is 2.10. The Kier molecular flexibility index (Phi) is 4.33. The van der Waals surface area contributed by atoms with Gasteiger partial charge in [0.05, 0.1) is 12.8 Å². The Morgan fingerprint density at radius 3 is 2.52 bits per heavy atom. The number of furan rings is 1. The molecule has 0 saturated heterocycles. The number of aryl methyl sites for hydroxylation is 1. The number of rotatable bonds is 5. The molecule has 0 saturated carbocycles. The maximum absolute atomic E-state index is 12.2. The summed E-state index contributed by atoms with van der Waals surface area (Å²) in [7, 11) is 0. The van der Waals surface area contributed by atoms with Crippen molar-refractivity contribution in [3.63, 3.8) is 0 Å². The van der Waals surface area contributed by atoms with E-state index in [2.05, 4.69) is 20.8 Å². The van der Waals surface area contributed by atoms with Gasteiger partial charge in [-0.2, -0.15) is 0 Å². The van der Waals surface area contributed by atoms with Gasteiger partial charge < -0.3 is 15.1 Å². The molecule has 0 fully saturated rings. The molecule has 0 bridgehead atoms. The highest BCUT2D eigenvalue weighted by Gasteiger charge is 2.09. The molecule has 2 N–H and O–H groups in total. The second kappa shape index (κ2) is 6.74. The average Bonchev–Trinajstić information content (AvgIpc) is 3.08. The van der Waals surface area contributed by atoms with E-state index >= 15 is 0 Å². The summed E-state index contributed by atoms with van der Waals surface area (Å²) >= 11 is 0. The predicted octanol–water partition coefficient (Wildman–Crippen LogP) is 3.24. The smallest absolute Gasteiger partial charge is 0.257 e. The van der Waals surface area contributed by atoms with E-state index in [1.54, 1.807) is 24.5 Å². The second-order valence-electron chi connectivity index (χ2n) is 5.01. The number of carbonyl (C=O) groups excluding carboxylic acids is 1. The van der Waals surface area contributed by atoms with Crippen molar-refractivity contribution in [3.8, 4) is 0 Å². The van der Waals surface area contributed by atoms with E-state index in [-0.39, 0.29) is 5.91 Å². The largest absolute Gasteiger partial charge is 0.467 e. The quantitative estimate of drug-likeness (QED) is 0.756. The van der Waals surface area contributed by atoms with Crippen LogP contribution >= 0.6 is 0 Å². The van der Waals surface area contributed by atoms with E-state index < -0.39 is 0 Å². The van der Waals surface area contributed by atoms with Crippen LogP contribution in [0.3, 0.4) is 0 Å². The van der Waals surface area contributed by atoms with Gasteiger partial charge in [-0.25, -0.2) is 0 Å². The van der Waals surface area contributed by atoms with Crippen LogP contribution in [0.4, 0.5) is 11.6 Å². The van der Waals surface area contributed by atoms with Crippen LogP contribution in [0.15, 0.2) is 59.2 Å². The number of aromatic nitrogens is 2. The third kappa shape index (κ3) is 3.74. The van der Waals surface area contributed by atoms with Crippen molar-refractivity contribution in [1.82, 2.24) is 10.2 Å². The van der Waals surface area contributed by atoms with Crippen molar-refractivity contribution in [1.29, 1.82) is 0 Å². The molecule has 0 aliphatic carbocycles. The van der Waals surface area contributed by atoms with Crippen molar-refractivity contribution < 1.29 is 9.21 Å². The van der Waals surface area contributed by atoms with Crippen LogP contribution in [0.5, 0.6) is 0 Å². The normalized spacial score (nSPS) is 10.3. The zero-order valence-corrected chi connectivity index (χ0v) is 12.6. The molecule has 2 aromatic heterocycles. The number of anilines is 2. The summed E-state index contributed by atoms with van der Waals surface area (Å²) in [5.74, 6) is 1.62. The fraction of sp³-hybridized carbons (Fsp3) is 0.118. The van der Waals surface area contributed by atoms with E-state index in [0.717, 1.165) is 11.3 Å². The van der Waals surface area contributed by atoms with Crippen LogP contribution in [0.25, 0.3) is 0 Å². The molecule has 1 aromatic carbocycles. The summed E-state index contributed by atoms with van der Waals surface area (Å²) in [6, 6.07) is 14.5. The zero-order valence-electron chi connectivity index (χ0n) is 12.6. The molecule has 3 rings (SSSR count). The lowest BCUT2D eigenvalue weighted by Gasteiger charge is -2.07. The number of nitrogens with zero attached hydrogens (tertiary/aromatic N) is 2. The van der Waals surface area contributed by atoms with Crippen LogP contribution in [-0.4, -0.2) is 16.1 Å². The lowest BCUT2D eigenvalue weighted by molar-refractivity contribution is 0.102. The molecule has 0 aliphatic rings. The highest BCUT2D eigenvalue weighted by Crippen LogP contribution is 2.12. The zero-order chi connectivity index (χ0) is 16.1. The molecule has 0 unspecified atom stereocenters. The van der Waals surface area contributed by atoms with E-state index in [4.69, 9.17) is 4.42 Å². The summed E-state index contributed by atoms with van der Waals surface area (Å²) in [5, 5.41) is 13.9. The molecule has 0 atom stereocenters. The van der Waals surface area contributed by atoms with Gasteiger partial charge in [-0.05, 0) is 42.8 Å². The van der Waals surface area contributed by atoms with Gasteiger partial charge >= 0.3 is 0 Å². The van der Waals surface area contributed by atoms with Crippen LogP contribution in [0.2, 0.25) is 0 Å². The average molecular weight is 308 g/mol. The molecule has 6 nitrogen and oxygen atoms in total. The number of hydrogen-bond acceptors (Lipinski definition) is 5. The molecule has 1 amide bonds. The predicted molar refractivity (Wildman–Crippen MR) is 87.2 cm³/mol. The van der Waals surface area contributed by atoms with Gasteiger partial charge in [0.1, 0.15) is 11.6 Å². The minimum Gasteiger partial charge on any atom is -0.467 e. The van der Waals surface area contributed by atoms with Gasteiger partial charge in [0.25, 0.3) is 5.91 Å². The van der Waals surface area contributed by atoms with Crippen LogP contribution < -0.4 is 10.6 Å². The molecule has 0 spiro atoms. The molecule has 3 aromatic rings. The molecular formula is C17H16N4O2. The van der Waals surface area contributed by atoms with Gasteiger partial charge in [0, 0.05) is 5.56 Å². The van der Waals surface area contributed by atoms with E-state index in [0.29, 0.717) is 23.7 Å². The molecule has 6 heteroatoms. The Balaban J connectivity index is 1.61. The summed E-state index contributed by atoms with van der Waals surface area (Å²) in [5.41, 5.74) is 1.53. The van der Waals surface area contributed by atoms with E-state index in [9.17, 15) is 4.79 Å². The minimum atomic E-state index is -0.200. The number of hydrogen-bond donors (Lipinski definition) is 2. The second-order valence-corrected chi connectivity index (χ2v) is 5.01. The number of nitrogens with one attached hydrogen (secondary N) is 2. The molecule has 0 aliphatic heterocycles. The van der Waals surface area contributed by atoms with Crippen LogP contribution in [-0.2, 0) is 6.54 Å². The summed E-state index contributed by atoms with van der Waals surface area (Å²) in [6.45, 7) is 2.42. The Hall–Kier alpha value is -3.15. The standard InChI is InChI=1S/C17H16N4O2/c1-12-5-2-3-7-14(12)17(22)19-16-9-8-15(20-21-16)18-11-13-6-4-10-23-13/h2-10H,11H2,1H3,(H,18,20)(H,19,21,22). The minimum absolute atomic E-state index is 0.200. The first-order valence-corrected chi connectivity index (χ1v) is 7.19. The molecule has 2 heterocycles. The number of benzene rings is 1. The van der Waals surface area contributed by atoms with Crippen molar-refractivity contribution in [2.24, 2.45) is 0 Å². The highest BCUT2D eigenvalue weighted by molar-refractivity contribution is 6.04. The van der Waals surface area contributed by atoms with Crippen LogP contribution in [0.1, 0.15) is 21.7 Å². The van der Waals surface area contributed by atoms with Crippen molar-refractivity contribution >= 4 is 17.5 Å². The van der Waals surface area contributed by atoms with Gasteiger partial charge in [-0.1, -0.05) is 18.2 Å².